The summed E-state index contributed by atoms with van der Waals surface area (Å²) in [5, 5.41) is 2.59. The molecule has 2 aromatic carbocycles. The zero-order valence-corrected chi connectivity index (χ0v) is 12.7. The molecule has 3 aromatic rings. The zero-order chi connectivity index (χ0) is 16.1. The minimum absolute atomic E-state index is 0.128. The van der Waals surface area contributed by atoms with Gasteiger partial charge in [-0.2, -0.15) is 8.78 Å². The highest BCUT2D eigenvalue weighted by molar-refractivity contribution is 7.14. The normalized spacial score (nSPS) is 10.6. The summed E-state index contributed by atoms with van der Waals surface area (Å²) < 4.78 is 28.6. The number of nitrogens with zero attached hydrogens (tertiary/aromatic N) is 1. The Hall–Kier alpha value is -2.67. The first-order valence-corrected chi connectivity index (χ1v) is 7.66. The standard InChI is InChI=1S/C16H13F2N3OS/c17-15(18)22-13-8-6-11(7-9-13)14-10-23-16(19-14)21-20-12-4-2-1-3-5-12/h1-10,15,20H,(H,19,21). The number of anilines is 2. The summed E-state index contributed by atoms with van der Waals surface area (Å²) in [6, 6.07) is 16.1. The van der Waals surface area contributed by atoms with Gasteiger partial charge in [0.05, 0.1) is 11.4 Å². The summed E-state index contributed by atoms with van der Waals surface area (Å²) in [5.74, 6) is 0.128. The molecule has 0 unspecified atom stereocenters. The van der Waals surface area contributed by atoms with Crippen molar-refractivity contribution in [1.29, 1.82) is 0 Å². The van der Waals surface area contributed by atoms with E-state index >= 15 is 0 Å². The minimum atomic E-state index is -2.82. The highest BCUT2D eigenvalue weighted by atomic mass is 32.1. The van der Waals surface area contributed by atoms with E-state index in [0.29, 0.717) is 5.13 Å². The summed E-state index contributed by atoms with van der Waals surface area (Å²) in [4.78, 5) is 4.44. The summed E-state index contributed by atoms with van der Waals surface area (Å²) in [6.07, 6.45) is 0. The molecule has 0 saturated carbocycles. The predicted molar refractivity (Wildman–Crippen MR) is 87.9 cm³/mol. The van der Waals surface area contributed by atoms with E-state index in [4.69, 9.17) is 0 Å². The Morgan fingerprint density at radius 2 is 1.70 bits per heavy atom. The third kappa shape index (κ3) is 4.17. The molecule has 0 aliphatic carbocycles. The molecule has 1 aromatic heterocycles. The number of para-hydroxylation sites is 1. The van der Waals surface area contributed by atoms with Crippen molar-refractivity contribution < 1.29 is 13.5 Å². The van der Waals surface area contributed by atoms with Gasteiger partial charge in [-0.05, 0) is 36.4 Å². The van der Waals surface area contributed by atoms with Crippen LogP contribution in [0.3, 0.4) is 0 Å². The van der Waals surface area contributed by atoms with Crippen molar-refractivity contribution in [2.24, 2.45) is 0 Å². The van der Waals surface area contributed by atoms with Crippen molar-refractivity contribution in [3.8, 4) is 17.0 Å². The highest BCUT2D eigenvalue weighted by Gasteiger charge is 2.07. The van der Waals surface area contributed by atoms with Gasteiger partial charge >= 0.3 is 6.61 Å². The molecule has 0 spiro atoms. The monoisotopic (exact) mass is 333 g/mol. The van der Waals surface area contributed by atoms with E-state index in [-0.39, 0.29) is 5.75 Å². The number of thiazole rings is 1. The summed E-state index contributed by atoms with van der Waals surface area (Å²) in [5.41, 5.74) is 8.59. The Balaban J connectivity index is 1.64. The quantitative estimate of drug-likeness (QED) is 0.633. The molecule has 1 heterocycles. The number of hydrogen-bond donors (Lipinski definition) is 2. The molecule has 0 bridgehead atoms. The van der Waals surface area contributed by atoms with Crippen molar-refractivity contribution in [3.05, 3.63) is 60.0 Å². The van der Waals surface area contributed by atoms with Crippen LogP contribution in [-0.4, -0.2) is 11.6 Å². The average Bonchev–Trinajstić information content (AvgIpc) is 3.03. The van der Waals surface area contributed by atoms with E-state index in [2.05, 4.69) is 20.6 Å². The lowest BCUT2D eigenvalue weighted by atomic mass is 10.2. The van der Waals surface area contributed by atoms with Crippen molar-refractivity contribution in [3.63, 3.8) is 0 Å². The van der Waals surface area contributed by atoms with E-state index in [1.807, 2.05) is 35.7 Å². The largest absolute Gasteiger partial charge is 0.435 e. The molecule has 3 rings (SSSR count). The van der Waals surface area contributed by atoms with Crippen LogP contribution < -0.4 is 15.6 Å². The number of halogens is 2. The number of ether oxygens (including phenoxy) is 1. The van der Waals surface area contributed by atoms with Crippen LogP contribution in [0.4, 0.5) is 19.6 Å². The highest BCUT2D eigenvalue weighted by Crippen LogP contribution is 2.27. The van der Waals surface area contributed by atoms with Crippen LogP contribution in [0.25, 0.3) is 11.3 Å². The lowest BCUT2D eigenvalue weighted by molar-refractivity contribution is -0.0498. The molecular weight excluding hydrogens is 320 g/mol. The summed E-state index contributed by atoms with van der Waals surface area (Å²) in [6.45, 7) is -2.82. The van der Waals surface area contributed by atoms with Gasteiger partial charge in [0.1, 0.15) is 5.75 Å². The van der Waals surface area contributed by atoms with Crippen molar-refractivity contribution in [2.75, 3.05) is 10.9 Å². The van der Waals surface area contributed by atoms with Crippen molar-refractivity contribution in [1.82, 2.24) is 4.98 Å². The topological polar surface area (TPSA) is 46.2 Å². The van der Waals surface area contributed by atoms with Gasteiger partial charge in [0.2, 0.25) is 5.13 Å². The number of hydrazine groups is 1. The predicted octanol–water partition coefficient (Wildman–Crippen LogP) is 4.85. The Labute approximate surface area is 135 Å². The summed E-state index contributed by atoms with van der Waals surface area (Å²) >= 11 is 1.44. The number of hydrogen-bond acceptors (Lipinski definition) is 5. The number of benzene rings is 2. The van der Waals surface area contributed by atoms with E-state index in [1.54, 1.807) is 12.1 Å². The first-order chi connectivity index (χ1) is 11.2. The Bertz CT molecular complexity index is 748. The second-order valence-electron chi connectivity index (χ2n) is 4.56. The molecule has 0 radical (unpaired) electrons. The summed E-state index contributed by atoms with van der Waals surface area (Å²) in [7, 11) is 0. The van der Waals surface area contributed by atoms with E-state index in [9.17, 15) is 8.78 Å². The molecule has 0 atom stereocenters. The minimum Gasteiger partial charge on any atom is -0.435 e. The lowest BCUT2D eigenvalue weighted by Crippen LogP contribution is -2.07. The van der Waals surface area contributed by atoms with Crippen LogP contribution in [-0.2, 0) is 0 Å². The van der Waals surface area contributed by atoms with Gasteiger partial charge in [0, 0.05) is 10.9 Å². The van der Waals surface area contributed by atoms with Crippen LogP contribution in [0, 0.1) is 0 Å². The Kier molecular flexibility index (Phi) is 4.68. The van der Waals surface area contributed by atoms with E-state index in [1.165, 1.54) is 23.5 Å². The van der Waals surface area contributed by atoms with Crippen LogP contribution in [0.15, 0.2) is 60.0 Å². The zero-order valence-electron chi connectivity index (χ0n) is 11.9. The second-order valence-corrected chi connectivity index (χ2v) is 5.41. The molecule has 2 N–H and O–H groups in total. The molecule has 118 valence electrons. The third-order valence-corrected chi connectivity index (χ3v) is 3.72. The van der Waals surface area contributed by atoms with Crippen LogP contribution in [0.1, 0.15) is 0 Å². The molecule has 0 saturated heterocycles. The number of rotatable bonds is 6. The lowest BCUT2D eigenvalue weighted by Gasteiger charge is -2.06. The van der Waals surface area contributed by atoms with Crippen LogP contribution in [0.2, 0.25) is 0 Å². The maximum absolute atomic E-state index is 12.1. The molecule has 0 aliphatic heterocycles. The number of nitrogens with one attached hydrogen (secondary N) is 2. The van der Waals surface area contributed by atoms with Gasteiger partial charge in [-0.15, -0.1) is 11.3 Å². The van der Waals surface area contributed by atoms with Crippen LogP contribution >= 0.6 is 11.3 Å². The van der Waals surface area contributed by atoms with Crippen molar-refractivity contribution >= 4 is 22.2 Å². The maximum Gasteiger partial charge on any atom is 0.387 e. The van der Waals surface area contributed by atoms with Gasteiger partial charge in [-0.1, -0.05) is 18.2 Å². The van der Waals surface area contributed by atoms with Gasteiger partial charge in [0.15, 0.2) is 0 Å². The molecule has 0 aliphatic rings. The number of alkyl halides is 2. The molecule has 23 heavy (non-hydrogen) atoms. The first kappa shape index (κ1) is 15.2. The van der Waals surface area contributed by atoms with Crippen molar-refractivity contribution in [2.45, 2.75) is 6.61 Å². The Morgan fingerprint density at radius 1 is 0.957 bits per heavy atom. The van der Waals surface area contributed by atoms with Gasteiger partial charge in [0.25, 0.3) is 0 Å². The average molecular weight is 333 g/mol. The van der Waals surface area contributed by atoms with Gasteiger partial charge in [-0.25, -0.2) is 4.98 Å². The van der Waals surface area contributed by atoms with Crippen LogP contribution in [0.5, 0.6) is 5.75 Å². The fourth-order valence-corrected chi connectivity index (χ4v) is 2.59. The molecule has 4 nitrogen and oxygen atoms in total. The fraction of sp³-hybridized carbons (Fsp3) is 0.0625. The fourth-order valence-electron chi connectivity index (χ4n) is 1.92. The Morgan fingerprint density at radius 3 is 2.39 bits per heavy atom. The first-order valence-electron chi connectivity index (χ1n) is 6.78. The SMILES string of the molecule is FC(F)Oc1ccc(-c2csc(NNc3ccccc3)n2)cc1. The molecule has 0 fully saturated rings. The van der Waals surface area contributed by atoms with E-state index in [0.717, 1.165) is 16.9 Å². The maximum atomic E-state index is 12.1. The molecule has 0 amide bonds. The van der Waals surface area contributed by atoms with Gasteiger partial charge < -0.3 is 4.74 Å². The number of aromatic nitrogens is 1. The smallest absolute Gasteiger partial charge is 0.387 e. The van der Waals surface area contributed by atoms with E-state index < -0.39 is 6.61 Å². The molecule has 7 heteroatoms. The third-order valence-electron chi connectivity index (χ3n) is 2.97. The second kappa shape index (κ2) is 7.06. The molecular formula is C16H13F2N3OS. The van der Waals surface area contributed by atoms with Gasteiger partial charge in [-0.3, -0.25) is 10.9 Å².